The van der Waals surface area contributed by atoms with Crippen LogP contribution in [-0.2, 0) is 26.9 Å². The molecule has 162 valence electrons. The Hall–Kier alpha value is -1.11. The van der Waals surface area contributed by atoms with Crippen molar-refractivity contribution in [3.05, 3.63) is 43.2 Å². The van der Waals surface area contributed by atoms with Gasteiger partial charge in [0.2, 0.25) is 0 Å². The molecule has 7 nitrogen and oxygen atoms in total. The fourth-order valence-corrected chi connectivity index (χ4v) is 7.75. The molecular formula is C12H11F6IO7S2. The molecular weight excluding hydrogens is 561 g/mol. The second kappa shape index (κ2) is 8.72. The average Bonchev–Trinajstić information content (AvgIpc) is 2.51. The Morgan fingerprint density at radius 1 is 1.00 bits per heavy atom. The van der Waals surface area contributed by atoms with Crippen molar-refractivity contribution in [1.82, 2.24) is 0 Å². The van der Waals surface area contributed by atoms with Crippen LogP contribution in [0.1, 0.15) is 5.56 Å². The molecule has 0 aromatic heterocycles. The maximum absolute atomic E-state index is 12.6. The number of benzene rings is 1. The molecule has 16 heteroatoms. The van der Waals surface area contributed by atoms with E-state index >= 15 is 0 Å². The zero-order valence-corrected chi connectivity index (χ0v) is 17.2. The van der Waals surface area contributed by atoms with Crippen molar-refractivity contribution in [3.63, 3.8) is 0 Å². The summed E-state index contributed by atoms with van der Waals surface area (Å²) in [5, 5.41) is 9.03. The van der Waals surface area contributed by atoms with Crippen LogP contribution < -0.4 is 0 Å². The zero-order valence-electron chi connectivity index (χ0n) is 13.5. The fraction of sp³-hybridized carbons (Fsp3) is 0.333. The zero-order chi connectivity index (χ0) is 22.0. The van der Waals surface area contributed by atoms with Gasteiger partial charge >= 0.3 is 163 Å². The molecule has 0 saturated heterocycles. The van der Waals surface area contributed by atoms with E-state index in [-0.39, 0.29) is 3.57 Å². The van der Waals surface area contributed by atoms with Crippen molar-refractivity contribution in [2.24, 2.45) is 0 Å². The van der Waals surface area contributed by atoms with Crippen molar-refractivity contribution in [3.8, 4) is 0 Å². The standard InChI is InChI=1S/C12H11F6IO7S2/c1-8-2-4-9(5-3-8)19(26-28(23,24)12(16,17)18)6-10(7-20)25-27(21,22)11(13,14)15/h2-6,20H,7H2,1H3/b10-6+. The third-order valence-corrected chi connectivity index (χ3v) is 10.2. The Kier molecular flexibility index (Phi) is 7.76. The summed E-state index contributed by atoms with van der Waals surface area (Å²) in [6.07, 6.45) is 0. The van der Waals surface area contributed by atoms with Crippen LogP contribution in [0.15, 0.2) is 34.1 Å². The quantitative estimate of drug-likeness (QED) is 0.176. The van der Waals surface area contributed by atoms with Gasteiger partial charge < -0.3 is 0 Å². The van der Waals surface area contributed by atoms with Gasteiger partial charge in [0.25, 0.3) is 0 Å². The van der Waals surface area contributed by atoms with E-state index in [0.717, 1.165) is 12.1 Å². The van der Waals surface area contributed by atoms with Gasteiger partial charge in [-0.1, -0.05) is 0 Å². The van der Waals surface area contributed by atoms with Crippen LogP contribution in [0.5, 0.6) is 0 Å². The molecule has 0 aliphatic carbocycles. The number of aryl methyl sites for hydroxylation is 1. The Morgan fingerprint density at radius 2 is 1.46 bits per heavy atom. The summed E-state index contributed by atoms with van der Waals surface area (Å²) >= 11 is -4.16. The van der Waals surface area contributed by atoms with Crippen LogP contribution in [0, 0.1) is 10.5 Å². The second-order valence-corrected chi connectivity index (χ2v) is 12.3. The van der Waals surface area contributed by atoms with Crippen molar-refractivity contribution in [2.45, 2.75) is 17.9 Å². The fourth-order valence-electron chi connectivity index (χ4n) is 1.28. The summed E-state index contributed by atoms with van der Waals surface area (Å²) in [4.78, 5) is 0. The predicted molar refractivity (Wildman–Crippen MR) is 91.2 cm³/mol. The van der Waals surface area contributed by atoms with Crippen molar-refractivity contribution in [1.29, 1.82) is 0 Å². The molecule has 1 aromatic rings. The van der Waals surface area contributed by atoms with Gasteiger partial charge in [0.05, 0.1) is 0 Å². The first-order valence-corrected chi connectivity index (χ1v) is 12.6. The van der Waals surface area contributed by atoms with Gasteiger partial charge in [0.1, 0.15) is 0 Å². The number of hydrogen-bond donors (Lipinski definition) is 1. The van der Waals surface area contributed by atoms with Gasteiger partial charge in [-0.2, -0.15) is 0 Å². The molecule has 0 aliphatic heterocycles. The molecule has 1 N–H and O–H groups in total. The summed E-state index contributed by atoms with van der Waals surface area (Å²) in [6.45, 7) is 0.105. The summed E-state index contributed by atoms with van der Waals surface area (Å²) in [7, 11) is -12.4. The number of hydrogen-bond acceptors (Lipinski definition) is 7. The average molecular weight is 572 g/mol. The molecule has 0 heterocycles. The second-order valence-electron chi connectivity index (χ2n) is 4.75. The maximum atomic E-state index is 12.6. The van der Waals surface area contributed by atoms with Crippen LogP contribution >= 0.6 is 20.2 Å². The van der Waals surface area contributed by atoms with Gasteiger partial charge in [-0.15, -0.1) is 0 Å². The molecule has 0 unspecified atom stereocenters. The summed E-state index contributed by atoms with van der Waals surface area (Å²) in [6, 6.07) is 5.00. The predicted octanol–water partition coefficient (Wildman–Crippen LogP) is 3.15. The normalized spacial score (nSPS) is 14.7. The van der Waals surface area contributed by atoms with Crippen molar-refractivity contribution < 1.29 is 55.0 Å². The molecule has 0 bridgehead atoms. The topological polar surface area (TPSA) is 107 Å². The number of alkyl halides is 6. The van der Waals surface area contributed by atoms with Crippen molar-refractivity contribution >= 4 is 40.5 Å². The van der Waals surface area contributed by atoms with Gasteiger partial charge in [-0.05, 0) is 0 Å². The SMILES string of the molecule is Cc1ccc(I(/C=C(\CO)OS(=O)(=O)C(F)(F)F)OS(=O)(=O)C(F)(F)F)cc1. The van der Waals surface area contributed by atoms with Gasteiger partial charge in [0.15, 0.2) is 0 Å². The Morgan fingerprint density at radius 3 is 1.86 bits per heavy atom. The van der Waals surface area contributed by atoms with Crippen LogP contribution in [-0.4, -0.2) is 39.6 Å². The van der Waals surface area contributed by atoms with Gasteiger partial charge in [-0.3, -0.25) is 0 Å². The van der Waals surface area contributed by atoms with Crippen molar-refractivity contribution in [2.75, 3.05) is 6.61 Å². The van der Waals surface area contributed by atoms with E-state index in [4.69, 9.17) is 5.11 Å². The van der Waals surface area contributed by atoms with Crippen LogP contribution in [0.4, 0.5) is 26.3 Å². The molecule has 0 radical (unpaired) electrons. The molecule has 0 saturated carbocycles. The molecule has 0 amide bonds. The number of halogens is 7. The minimum absolute atomic E-state index is 0.151. The minimum atomic E-state index is -6.25. The molecule has 28 heavy (non-hydrogen) atoms. The van der Waals surface area contributed by atoms with Crippen LogP contribution in [0.25, 0.3) is 0 Å². The summed E-state index contributed by atoms with van der Waals surface area (Å²) in [5.74, 6) is -1.33. The molecule has 0 fully saturated rings. The molecule has 1 rings (SSSR count). The monoisotopic (exact) mass is 572 g/mol. The Labute approximate surface area is 163 Å². The molecule has 0 atom stereocenters. The van der Waals surface area contributed by atoms with Gasteiger partial charge in [-0.25, -0.2) is 0 Å². The number of rotatable bonds is 7. The van der Waals surface area contributed by atoms with E-state index in [9.17, 15) is 43.2 Å². The Balaban J connectivity index is 3.41. The summed E-state index contributed by atoms with van der Waals surface area (Å²) in [5.41, 5.74) is -11.1. The summed E-state index contributed by atoms with van der Waals surface area (Å²) < 4.78 is 127. The first-order valence-electron chi connectivity index (χ1n) is 6.59. The van der Waals surface area contributed by atoms with E-state index in [2.05, 4.69) is 6.70 Å². The van der Waals surface area contributed by atoms with Gasteiger partial charge in [0, 0.05) is 0 Å². The first kappa shape index (κ1) is 24.9. The molecule has 0 aliphatic rings. The molecule has 1 aromatic carbocycles. The van der Waals surface area contributed by atoms with E-state index < -0.39 is 63.9 Å². The number of aliphatic hydroxyl groups excluding tert-OH is 1. The van der Waals surface area contributed by atoms with Crippen LogP contribution in [0.2, 0.25) is 0 Å². The van der Waals surface area contributed by atoms with E-state index in [1.54, 1.807) is 6.92 Å². The van der Waals surface area contributed by atoms with Crippen LogP contribution in [0.3, 0.4) is 0 Å². The third-order valence-electron chi connectivity index (χ3n) is 2.54. The first-order chi connectivity index (χ1) is 12.5. The van der Waals surface area contributed by atoms with E-state index in [1.807, 2.05) is 0 Å². The van der Waals surface area contributed by atoms with E-state index in [1.165, 1.54) is 12.1 Å². The van der Waals surface area contributed by atoms with E-state index in [0.29, 0.717) is 9.65 Å². The molecule has 0 spiro atoms. The third kappa shape index (κ3) is 6.46. The Bertz CT molecular complexity index is 921. The number of aliphatic hydroxyl groups is 1.